The van der Waals surface area contributed by atoms with Crippen molar-refractivity contribution in [2.24, 2.45) is 5.92 Å². The fourth-order valence-corrected chi connectivity index (χ4v) is 5.66. The number of hydrogen-bond acceptors (Lipinski definition) is 5. The number of hydrogen-bond donors (Lipinski definition) is 2. The molecule has 0 saturated carbocycles. The molecule has 2 aromatic carbocycles. The Morgan fingerprint density at radius 1 is 1.19 bits per heavy atom. The van der Waals surface area contributed by atoms with E-state index in [0.29, 0.717) is 0 Å². The SMILES string of the molecule is CC(C)C(O)(C1=[CH][Sn][N](C)N1)c1ccc2cc(-c3cnco3)ccc2c1. The first-order valence-electron chi connectivity index (χ1n) is 8.61. The summed E-state index contributed by atoms with van der Waals surface area (Å²) in [5, 5.41) is 13.8. The molecule has 26 heavy (non-hydrogen) atoms. The topological polar surface area (TPSA) is 61.5 Å². The number of aromatic nitrogens is 1. The van der Waals surface area contributed by atoms with Crippen LogP contribution in [0.15, 0.2) is 63.2 Å². The molecule has 2 heterocycles. The molecule has 2 N–H and O–H groups in total. The predicted octanol–water partition coefficient (Wildman–Crippen LogP) is 3.25. The summed E-state index contributed by atoms with van der Waals surface area (Å²) in [5.41, 5.74) is 5.17. The number of oxazole rings is 1. The minimum atomic E-state index is -1.01. The van der Waals surface area contributed by atoms with Crippen LogP contribution in [0.5, 0.6) is 0 Å². The second-order valence-corrected chi connectivity index (χ2v) is 10.4. The summed E-state index contributed by atoms with van der Waals surface area (Å²) in [6.45, 7) is 4.12. The van der Waals surface area contributed by atoms with E-state index in [1.807, 2.05) is 19.2 Å². The Labute approximate surface area is 163 Å². The number of hydrazine groups is 1. The summed E-state index contributed by atoms with van der Waals surface area (Å²) < 4.78 is 9.75. The van der Waals surface area contributed by atoms with Crippen molar-refractivity contribution in [2.75, 3.05) is 7.05 Å². The Hall–Kier alpha value is -1.83. The summed E-state index contributed by atoms with van der Waals surface area (Å²) in [7, 11) is 2.04. The molecule has 0 saturated heterocycles. The summed E-state index contributed by atoms with van der Waals surface area (Å²) in [4.78, 5) is 3.98. The van der Waals surface area contributed by atoms with E-state index in [1.165, 1.54) is 6.39 Å². The molecule has 1 aromatic heterocycles. The Bertz CT molecular complexity index is 968. The van der Waals surface area contributed by atoms with Crippen LogP contribution in [-0.4, -0.2) is 41.8 Å². The summed E-state index contributed by atoms with van der Waals surface area (Å²) in [6.07, 6.45) is 3.15. The van der Waals surface area contributed by atoms with Crippen molar-refractivity contribution in [3.63, 3.8) is 0 Å². The molecule has 0 fully saturated rings. The fourth-order valence-electron chi connectivity index (χ4n) is 3.40. The van der Waals surface area contributed by atoms with Crippen molar-refractivity contribution in [1.82, 2.24) is 13.6 Å². The van der Waals surface area contributed by atoms with Crippen molar-refractivity contribution in [1.29, 1.82) is 0 Å². The van der Waals surface area contributed by atoms with E-state index in [0.717, 1.165) is 33.4 Å². The van der Waals surface area contributed by atoms with E-state index >= 15 is 0 Å². The van der Waals surface area contributed by atoms with Crippen molar-refractivity contribution >= 4 is 32.2 Å². The zero-order chi connectivity index (χ0) is 18.3. The van der Waals surface area contributed by atoms with Crippen molar-refractivity contribution in [3.8, 4) is 11.3 Å². The van der Waals surface area contributed by atoms with Gasteiger partial charge in [0.1, 0.15) is 0 Å². The number of nitrogens with one attached hydrogen (secondary N) is 1. The Kier molecular flexibility index (Phi) is 4.54. The first-order valence-corrected chi connectivity index (χ1v) is 11.5. The molecule has 0 spiro atoms. The third-order valence-corrected chi connectivity index (χ3v) is 7.55. The molecule has 4 rings (SSSR count). The van der Waals surface area contributed by atoms with Crippen LogP contribution in [0, 0.1) is 5.92 Å². The molecule has 5 nitrogen and oxygen atoms in total. The Morgan fingerprint density at radius 2 is 1.96 bits per heavy atom. The van der Waals surface area contributed by atoms with Gasteiger partial charge in [-0.05, 0) is 0 Å². The standard InChI is InChI=1S/C20H21N3O2.Sn/c1-13(2)20(24,14(3)23-21-4)18-8-7-15-9-17(6-5-16(15)10-18)19-11-22-12-25-19;/h3,5-13,23-24H,1-2,4H3;/q-1;+1. The molecule has 2 radical (unpaired) electrons. The normalized spacial score (nSPS) is 17.3. The second-order valence-electron chi connectivity index (χ2n) is 6.92. The van der Waals surface area contributed by atoms with Gasteiger partial charge in [-0.25, -0.2) is 0 Å². The number of benzene rings is 2. The molecule has 0 amide bonds. The molecular formula is C20H21N3O2Sn. The average Bonchev–Trinajstić information content (AvgIpc) is 3.32. The molecule has 1 unspecified atom stereocenters. The van der Waals surface area contributed by atoms with E-state index in [9.17, 15) is 5.11 Å². The van der Waals surface area contributed by atoms with E-state index in [1.54, 1.807) is 6.20 Å². The van der Waals surface area contributed by atoms with Crippen LogP contribution in [0.3, 0.4) is 0 Å². The van der Waals surface area contributed by atoms with Gasteiger partial charge >= 0.3 is 163 Å². The summed E-state index contributed by atoms with van der Waals surface area (Å²) in [5.74, 6) is 0.808. The van der Waals surface area contributed by atoms with Crippen LogP contribution in [-0.2, 0) is 5.60 Å². The van der Waals surface area contributed by atoms with Crippen molar-refractivity contribution in [2.45, 2.75) is 19.4 Å². The van der Waals surface area contributed by atoms with E-state index in [4.69, 9.17) is 4.42 Å². The third kappa shape index (κ3) is 2.94. The van der Waals surface area contributed by atoms with Gasteiger partial charge in [0.05, 0.1) is 0 Å². The van der Waals surface area contributed by atoms with Gasteiger partial charge < -0.3 is 0 Å². The number of fused-ring (bicyclic) bond motifs is 1. The van der Waals surface area contributed by atoms with E-state index < -0.39 is 27.0 Å². The fraction of sp³-hybridized carbons (Fsp3) is 0.250. The zero-order valence-electron chi connectivity index (χ0n) is 15.0. The van der Waals surface area contributed by atoms with E-state index in [2.05, 4.69) is 55.8 Å². The van der Waals surface area contributed by atoms with Crippen molar-refractivity contribution in [3.05, 3.63) is 64.3 Å². The molecule has 0 bridgehead atoms. The van der Waals surface area contributed by atoms with E-state index in [-0.39, 0.29) is 5.92 Å². The molecule has 1 atom stereocenters. The molecule has 1 aliphatic rings. The monoisotopic (exact) mass is 455 g/mol. The van der Waals surface area contributed by atoms with Gasteiger partial charge in [-0.2, -0.15) is 0 Å². The van der Waals surface area contributed by atoms with Crippen LogP contribution < -0.4 is 5.43 Å². The van der Waals surface area contributed by atoms with Crippen LogP contribution in [0.2, 0.25) is 0 Å². The predicted molar refractivity (Wildman–Crippen MR) is 103 cm³/mol. The van der Waals surface area contributed by atoms with Gasteiger partial charge in [-0.3, -0.25) is 0 Å². The van der Waals surface area contributed by atoms with Crippen LogP contribution >= 0.6 is 0 Å². The quantitative estimate of drug-likeness (QED) is 0.594. The number of nitrogens with zero attached hydrogens (tertiary/aromatic N) is 2. The van der Waals surface area contributed by atoms with Gasteiger partial charge in [0.2, 0.25) is 0 Å². The molecule has 0 aliphatic carbocycles. The maximum absolute atomic E-state index is 11.6. The number of rotatable bonds is 4. The van der Waals surface area contributed by atoms with Gasteiger partial charge in [-0.15, -0.1) is 0 Å². The van der Waals surface area contributed by atoms with Gasteiger partial charge in [-0.1, -0.05) is 0 Å². The second kappa shape index (κ2) is 6.72. The van der Waals surface area contributed by atoms with Gasteiger partial charge in [0.25, 0.3) is 0 Å². The molecular weight excluding hydrogens is 433 g/mol. The van der Waals surface area contributed by atoms with Crippen LogP contribution in [0.4, 0.5) is 0 Å². The Morgan fingerprint density at radius 3 is 2.62 bits per heavy atom. The number of aliphatic hydroxyl groups is 1. The molecule has 3 aromatic rings. The Balaban J connectivity index is 1.77. The summed E-state index contributed by atoms with van der Waals surface area (Å²) in [6, 6.07) is 12.4. The third-order valence-electron chi connectivity index (χ3n) is 4.93. The average molecular weight is 454 g/mol. The minimum absolute atomic E-state index is 0.0537. The maximum atomic E-state index is 11.6. The van der Waals surface area contributed by atoms with Crippen LogP contribution in [0.25, 0.3) is 22.1 Å². The van der Waals surface area contributed by atoms with Gasteiger partial charge in [0.15, 0.2) is 0 Å². The van der Waals surface area contributed by atoms with Crippen LogP contribution in [0.1, 0.15) is 19.4 Å². The summed E-state index contributed by atoms with van der Waals surface area (Å²) >= 11 is -0.766. The molecule has 1 aliphatic heterocycles. The van der Waals surface area contributed by atoms with Crippen molar-refractivity contribution < 1.29 is 9.52 Å². The molecule has 132 valence electrons. The zero-order valence-corrected chi connectivity index (χ0v) is 17.9. The first kappa shape index (κ1) is 17.6. The van der Waals surface area contributed by atoms with Gasteiger partial charge in [0, 0.05) is 0 Å². The molecule has 6 heteroatoms. The first-order chi connectivity index (χ1) is 12.5.